The molecule has 2 rings (SSSR count). The first-order valence-corrected chi connectivity index (χ1v) is 5.83. The first-order chi connectivity index (χ1) is 8.80. The Labute approximate surface area is 117 Å². The highest BCUT2D eigenvalue weighted by atomic mass is 127. The topological polar surface area (TPSA) is 61.2 Å². The van der Waals surface area contributed by atoms with E-state index in [2.05, 4.69) is 9.82 Å². The maximum atomic E-state index is 12.1. The Kier molecular flexibility index (Phi) is 3.47. The second-order valence-electron chi connectivity index (χ2n) is 3.41. The summed E-state index contributed by atoms with van der Waals surface area (Å²) in [5.74, 6) is -2.46. The van der Waals surface area contributed by atoms with Crippen LogP contribution < -0.4 is 10.4 Å². The molecule has 2 aromatic rings. The van der Waals surface area contributed by atoms with Gasteiger partial charge in [-0.25, -0.2) is 4.79 Å². The third kappa shape index (κ3) is 2.69. The molecule has 0 atom stereocenters. The van der Waals surface area contributed by atoms with Crippen LogP contribution in [0.25, 0.3) is 10.8 Å². The maximum Gasteiger partial charge on any atom is 0.493 e. The van der Waals surface area contributed by atoms with Crippen molar-refractivity contribution in [1.29, 1.82) is 0 Å². The first-order valence-electron chi connectivity index (χ1n) is 4.75. The Morgan fingerprint density at radius 1 is 1.37 bits per heavy atom. The molecule has 100 valence electrons. The predicted molar refractivity (Wildman–Crippen MR) is 66.4 cm³/mol. The minimum atomic E-state index is -5.17. The van der Waals surface area contributed by atoms with Crippen LogP contribution in [0.15, 0.2) is 29.5 Å². The summed E-state index contributed by atoms with van der Waals surface area (Å²) >= 11 is 1.80. The third-order valence-corrected chi connectivity index (χ3v) is 3.01. The quantitative estimate of drug-likeness (QED) is 0.700. The van der Waals surface area contributed by atoms with Gasteiger partial charge in [0.1, 0.15) is 0 Å². The monoisotopic (exact) mass is 384 g/mol. The van der Waals surface area contributed by atoms with E-state index in [0.717, 1.165) is 6.20 Å². The van der Waals surface area contributed by atoms with Crippen molar-refractivity contribution in [2.45, 2.75) is 6.18 Å². The number of nitrogens with zero attached hydrogens (tertiary/aromatic N) is 2. The number of aromatic nitrogens is 2. The molecule has 0 saturated heterocycles. The molecule has 0 aliphatic rings. The Morgan fingerprint density at radius 2 is 2.05 bits per heavy atom. The van der Waals surface area contributed by atoms with E-state index in [1.165, 1.54) is 18.5 Å². The molecule has 0 N–H and O–H groups in total. The highest BCUT2D eigenvalue weighted by Crippen LogP contribution is 2.17. The van der Waals surface area contributed by atoms with Crippen LogP contribution in [0.1, 0.15) is 0 Å². The summed E-state index contributed by atoms with van der Waals surface area (Å²) in [7, 11) is 0. The largest absolute Gasteiger partial charge is 0.493 e. The molecule has 0 spiro atoms. The molecule has 0 aromatic carbocycles. The number of carbonyl (C=O) groups is 1. The lowest BCUT2D eigenvalue weighted by Crippen LogP contribution is -2.38. The highest BCUT2D eigenvalue weighted by Gasteiger charge is 2.42. The Morgan fingerprint density at radius 3 is 2.68 bits per heavy atom. The van der Waals surface area contributed by atoms with Gasteiger partial charge in [0, 0.05) is 21.4 Å². The van der Waals surface area contributed by atoms with Crippen LogP contribution in [-0.2, 0) is 4.79 Å². The van der Waals surface area contributed by atoms with Crippen molar-refractivity contribution in [2.24, 2.45) is 0 Å². The predicted octanol–water partition coefficient (Wildman–Crippen LogP) is 1.52. The fourth-order valence-electron chi connectivity index (χ4n) is 1.33. The second-order valence-corrected chi connectivity index (χ2v) is 4.57. The number of halogens is 4. The summed E-state index contributed by atoms with van der Waals surface area (Å²) in [5.41, 5.74) is -0.865. The fourth-order valence-corrected chi connectivity index (χ4v) is 2.01. The molecule has 0 amide bonds. The Hall–Kier alpha value is -1.65. The molecule has 9 heteroatoms. The van der Waals surface area contributed by atoms with E-state index in [1.807, 2.05) is 0 Å². The van der Waals surface area contributed by atoms with Crippen LogP contribution in [0.3, 0.4) is 0 Å². The van der Waals surface area contributed by atoms with Crippen molar-refractivity contribution in [3.05, 3.63) is 38.6 Å². The Bertz CT molecular complexity index is 711. The van der Waals surface area contributed by atoms with Crippen molar-refractivity contribution in [1.82, 2.24) is 9.71 Å². The lowest BCUT2D eigenvalue weighted by molar-refractivity contribution is -0.200. The summed E-state index contributed by atoms with van der Waals surface area (Å²) in [6.07, 6.45) is -1.46. The van der Waals surface area contributed by atoms with Crippen LogP contribution in [-0.4, -0.2) is 21.9 Å². The van der Waals surface area contributed by atoms with Gasteiger partial charge in [-0.15, -0.1) is 4.73 Å². The van der Waals surface area contributed by atoms with E-state index in [4.69, 9.17) is 0 Å². The van der Waals surface area contributed by atoms with Gasteiger partial charge >= 0.3 is 12.1 Å². The third-order valence-electron chi connectivity index (χ3n) is 2.15. The normalized spacial score (nSPS) is 11.6. The number of alkyl halides is 3. The molecule has 2 heterocycles. The van der Waals surface area contributed by atoms with Gasteiger partial charge in [-0.3, -0.25) is 9.78 Å². The van der Waals surface area contributed by atoms with E-state index in [1.54, 1.807) is 22.6 Å². The molecule has 0 fully saturated rings. The molecule has 2 aromatic heterocycles. The van der Waals surface area contributed by atoms with E-state index in [9.17, 15) is 22.8 Å². The zero-order valence-corrected chi connectivity index (χ0v) is 11.1. The summed E-state index contributed by atoms with van der Waals surface area (Å²) in [4.78, 5) is 30.4. The van der Waals surface area contributed by atoms with Gasteiger partial charge < -0.3 is 4.84 Å². The number of hydrogen-bond donors (Lipinski definition) is 0. The zero-order chi connectivity index (χ0) is 14.2. The van der Waals surface area contributed by atoms with Gasteiger partial charge in [-0.1, -0.05) is 0 Å². The van der Waals surface area contributed by atoms with E-state index in [-0.39, 0.29) is 10.1 Å². The smallest absolute Gasteiger partial charge is 0.325 e. The number of rotatable bonds is 1. The average molecular weight is 384 g/mol. The molecule has 0 aliphatic heterocycles. The van der Waals surface area contributed by atoms with Crippen molar-refractivity contribution < 1.29 is 22.8 Å². The SMILES string of the molecule is O=C(On1cc(I)c2cnccc2c1=O)C(F)(F)F. The average Bonchev–Trinajstić information content (AvgIpc) is 2.34. The second kappa shape index (κ2) is 4.79. The van der Waals surface area contributed by atoms with Crippen LogP contribution in [0.2, 0.25) is 0 Å². The van der Waals surface area contributed by atoms with Crippen LogP contribution in [0.4, 0.5) is 13.2 Å². The minimum Gasteiger partial charge on any atom is -0.325 e. The summed E-state index contributed by atoms with van der Waals surface area (Å²) in [5, 5.41) is 0.573. The molecule has 0 bridgehead atoms. The van der Waals surface area contributed by atoms with Gasteiger partial charge in [0.05, 0.1) is 11.6 Å². The van der Waals surface area contributed by atoms with Crippen molar-refractivity contribution in [3.8, 4) is 0 Å². The molecule has 0 unspecified atom stereocenters. The lowest BCUT2D eigenvalue weighted by Gasteiger charge is -2.10. The minimum absolute atomic E-state index is 0.108. The Balaban J connectivity index is 2.55. The molecular formula is C10H4F3IN2O3. The van der Waals surface area contributed by atoms with Gasteiger partial charge in [0.15, 0.2) is 0 Å². The van der Waals surface area contributed by atoms with Crippen LogP contribution in [0, 0.1) is 3.57 Å². The molecule has 0 saturated carbocycles. The van der Waals surface area contributed by atoms with Gasteiger partial charge in [0.25, 0.3) is 5.56 Å². The number of fused-ring (bicyclic) bond motifs is 1. The van der Waals surface area contributed by atoms with Crippen molar-refractivity contribution in [3.63, 3.8) is 0 Å². The van der Waals surface area contributed by atoms with Crippen LogP contribution in [0.5, 0.6) is 0 Å². The van der Waals surface area contributed by atoms with Crippen LogP contribution >= 0.6 is 22.6 Å². The van der Waals surface area contributed by atoms with E-state index < -0.39 is 17.7 Å². The van der Waals surface area contributed by atoms with Gasteiger partial charge in [0.2, 0.25) is 0 Å². The molecule has 5 nitrogen and oxygen atoms in total. The van der Waals surface area contributed by atoms with Gasteiger partial charge in [-0.05, 0) is 28.7 Å². The number of hydrogen-bond acceptors (Lipinski definition) is 4. The zero-order valence-electron chi connectivity index (χ0n) is 8.94. The molecular weight excluding hydrogens is 380 g/mol. The lowest BCUT2D eigenvalue weighted by atomic mass is 10.2. The van der Waals surface area contributed by atoms with E-state index in [0.29, 0.717) is 8.96 Å². The van der Waals surface area contributed by atoms with Crippen molar-refractivity contribution >= 4 is 39.3 Å². The molecule has 0 aliphatic carbocycles. The summed E-state index contributed by atoms with van der Waals surface area (Å²) in [6.45, 7) is 0. The molecule has 19 heavy (non-hydrogen) atoms. The number of pyridine rings is 2. The molecule has 0 radical (unpaired) electrons. The van der Waals surface area contributed by atoms with E-state index >= 15 is 0 Å². The number of carbonyl (C=O) groups excluding carboxylic acids is 1. The van der Waals surface area contributed by atoms with Gasteiger partial charge in [-0.2, -0.15) is 13.2 Å². The first kappa shape index (κ1) is 13.8. The summed E-state index contributed by atoms with van der Waals surface area (Å²) < 4.78 is 36.9. The highest BCUT2D eigenvalue weighted by molar-refractivity contribution is 14.1. The van der Waals surface area contributed by atoms with Crippen molar-refractivity contribution in [2.75, 3.05) is 0 Å². The standard InChI is InChI=1S/C10H4F3IN2O3/c11-10(12,13)9(18)19-16-4-7(14)6-3-15-2-1-5(6)8(16)17/h1-4H. The maximum absolute atomic E-state index is 12.1. The summed E-state index contributed by atoms with van der Waals surface area (Å²) in [6, 6.07) is 1.33. The fraction of sp³-hybridized carbons (Fsp3) is 0.100.